The molecule has 33 heavy (non-hydrogen) atoms. The lowest BCUT2D eigenvalue weighted by molar-refractivity contribution is 0.187. The van der Waals surface area contributed by atoms with Crippen molar-refractivity contribution in [3.63, 3.8) is 0 Å². The number of hydrogen-bond donors (Lipinski definition) is 2. The summed E-state index contributed by atoms with van der Waals surface area (Å²) in [4.78, 5) is 11.7. The second-order valence-corrected chi connectivity index (χ2v) is 8.95. The minimum atomic E-state index is -0.207. The fourth-order valence-corrected chi connectivity index (χ4v) is 4.32. The first-order valence-electron chi connectivity index (χ1n) is 11.8. The normalized spacial score (nSPS) is 21.6. The van der Waals surface area contributed by atoms with E-state index in [-0.39, 0.29) is 5.82 Å². The van der Waals surface area contributed by atoms with Crippen molar-refractivity contribution >= 4 is 11.5 Å². The van der Waals surface area contributed by atoms with Gasteiger partial charge in [0.2, 0.25) is 5.95 Å². The van der Waals surface area contributed by atoms with Crippen molar-refractivity contribution < 1.29 is 4.39 Å². The van der Waals surface area contributed by atoms with Gasteiger partial charge in [0.05, 0.1) is 5.69 Å². The number of anilines is 1. The van der Waals surface area contributed by atoms with Crippen LogP contribution in [0, 0.1) is 11.7 Å². The highest BCUT2D eigenvalue weighted by molar-refractivity contribution is 5.73. The molecular weight excluding hydrogens is 413 g/mol. The van der Waals surface area contributed by atoms with E-state index in [1.165, 1.54) is 17.2 Å². The van der Waals surface area contributed by atoms with Crippen molar-refractivity contribution in [1.29, 1.82) is 0 Å². The highest BCUT2D eigenvalue weighted by Gasteiger charge is 2.28. The Morgan fingerprint density at radius 1 is 1.33 bits per heavy atom. The Hall–Kier alpha value is -2.83. The average Bonchev–Trinajstić information content (AvgIpc) is 3.54. The molecule has 4 rings (SSSR count). The third kappa shape index (κ3) is 6.36. The van der Waals surface area contributed by atoms with Crippen LogP contribution in [0.15, 0.2) is 65.9 Å². The summed E-state index contributed by atoms with van der Waals surface area (Å²) in [6.45, 7) is 11.3. The molecule has 1 aliphatic carbocycles. The number of nitrogens with zero attached hydrogens (tertiary/aromatic N) is 3. The van der Waals surface area contributed by atoms with Crippen LogP contribution < -0.4 is 10.6 Å². The Morgan fingerprint density at radius 2 is 2.18 bits per heavy atom. The molecule has 0 amide bonds. The van der Waals surface area contributed by atoms with Gasteiger partial charge in [-0.2, -0.15) is 0 Å². The lowest BCUT2D eigenvalue weighted by atomic mass is 10.0. The van der Waals surface area contributed by atoms with E-state index in [1.54, 1.807) is 18.3 Å². The molecule has 1 saturated heterocycles. The number of nitrogens with one attached hydrogen (secondary N) is 2. The third-order valence-corrected chi connectivity index (χ3v) is 6.42. The molecule has 1 fully saturated rings. The molecule has 2 aromatic rings. The fraction of sp³-hybridized carbons (Fsp3) is 0.407. The predicted molar refractivity (Wildman–Crippen MR) is 134 cm³/mol. The van der Waals surface area contributed by atoms with Gasteiger partial charge in [0.1, 0.15) is 5.82 Å². The predicted octanol–water partition coefficient (Wildman–Crippen LogP) is 4.47. The molecule has 6 heteroatoms. The summed E-state index contributed by atoms with van der Waals surface area (Å²) in [5, 5.41) is 6.76. The summed E-state index contributed by atoms with van der Waals surface area (Å²) in [7, 11) is 0. The highest BCUT2D eigenvalue weighted by atomic mass is 19.1. The molecule has 1 unspecified atom stereocenters. The summed E-state index contributed by atoms with van der Waals surface area (Å²) in [6, 6.07) is 9.19. The number of benzene rings is 1. The SMILES string of the molecule is C/C=C(\C=C(\CN1CCNC[C@@H]1C)C1C=C1C)c1ccnc(NCCc2cccc(F)c2)n1. The number of rotatable bonds is 9. The van der Waals surface area contributed by atoms with Gasteiger partial charge in [-0.1, -0.05) is 35.9 Å². The van der Waals surface area contributed by atoms with Crippen molar-refractivity contribution in [3.8, 4) is 0 Å². The van der Waals surface area contributed by atoms with E-state index in [1.807, 2.05) is 12.1 Å². The maximum Gasteiger partial charge on any atom is 0.223 e. The molecule has 0 radical (unpaired) electrons. The van der Waals surface area contributed by atoms with Gasteiger partial charge in [0.25, 0.3) is 0 Å². The van der Waals surface area contributed by atoms with Crippen LogP contribution in [-0.4, -0.2) is 53.6 Å². The van der Waals surface area contributed by atoms with Gasteiger partial charge < -0.3 is 10.6 Å². The highest BCUT2D eigenvalue weighted by Crippen LogP contribution is 2.37. The molecule has 1 aliphatic heterocycles. The summed E-state index contributed by atoms with van der Waals surface area (Å²) in [5.41, 5.74) is 5.84. The topological polar surface area (TPSA) is 53.1 Å². The first-order chi connectivity index (χ1) is 16.0. The van der Waals surface area contributed by atoms with Crippen molar-refractivity contribution in [2.24, 2.45) is 5.92 Å². The van der Waals surface area contributed by atoms with Gasteiger partial charge in [0, 0.05) is 50.9 Å². The van der Waals surface area contributed by atoms with Gasteiger partial charge >= 0.3 is 0 Å². The molecule has 174 valence electrons. The Kier molecular flexibility index (Phi) is 7.68. The van der Waals surface area contributed by atoms with Crippen molar-refractivity contribution in [2.75, 3.05) is 38.0 Å². The van der Waals surface area contributed by atoms with Crippen LogP contribution in [0.1, 0.15) is 32.0 Å². The Balaban J connectivity index is 1.45. The zero-order chi connectivity index (χ0) is 23.2. The van der Waals surface area contributed by atoms with Crippen LogP contribution >= 0.6 is 0 Å². The first kappa shape index (κ1) is 23.3. The molecule has 0 spiro atoms. The fourth-order valence-electron chi connectivity index (χ4n) is 4.32. The molecule has 0 saturated carbocycles. The van der Waals surface area contributed by atoms with E-state index in [2.05, 4.69) is 59.5 Å². The number of hydrogen-bond acceptors (Lipinski definition) is 5. The molecule has 2 atom stereocenters. The largest absolute Gasteiger partial charge is 0.354 e. The second kappa shape index (κ2) is 10.9. The molecular formula is C27H34FN5. The van der Waals surface area contributed by atoms with Crippen molar-refractivity contribution in [2.45, 2.75) is 33.2 Å². The zero-order valence-electron chi connectivity index (χ0n) is 19.8. The monoisotopic (exact) mass is 447 g/mol. The average molecular weight is 448 g/mol. The lowest BCUT2D eigenvalue weighted by Crippen LogP contribution is -2.50. The molecule has 1 aromatic carbocycles. The van der Waals surface area contributed by atoms with Gasteiger partial charge in [-0.3, -0.25) is 4.90 Å². The maximum absolute atomic E-state index is 13.4. The lowest BCUT2D eigenvalue weighted by Gasteiger charge is -2.34. The smallest absolute Gasteiger partial charge is 0.223 e. The van der Waals surface area contributed by atoms with Gasteiger partial charge in [0.15, 0.2) is 0 Å². The Morgan fingerprint density at radius 3 is 2.91 bits per heavy atom. The van der Waals surface area contributed by atoms with Gasteiger partial charge in [-0.25, -0.2) is 14.4 Å². The summed E-state index contributed by atoms with van der Waals surface area (Å²) < 4.78 is 13.4. The van der Waals surface area contributed by atoms with Gasteiger partial charge in [-0.05, 0) is 62.1 Å². The number of aromatic nitrogens is 2. The first-order valence-corrected chi connectivity index (χ1v) is 11.8. The van der Waals surface area contributed by atoms with Gasteiger partial charge in [-0.15, -0.1) is 0 Å². The van der Waals surface area contributed by atoms with E-state index in [0.717, 1.165) is 43.0 Å². The van der Waals surface area contributed by atoms with Crippen molar-refractivity contribution in [3.05, 3.63) is 83.0 Å². The molecule has 0 bridgehead atoms. The zero-order valence-corrected chi connectivity index (χ0v) is 19.8. The molecule has 2 heterocycles. The van der Waals surface area contributed by atoms with E-state index in [9.17, 15) is 4.39 Å². The Bertz CT molecular complexity index is 1060. The van der Waals surface area contributed by atoms with E-state index >= 15 is 0 Å². The van der Waals surface area contributed by atoms with Crippen LogP contribution in [0.5, 0.6) is 0 Å². The standard InChI is InChI=1S/C27H34FN5/c1-4-22(16-23(25-14-19(25)2)18-33-13-12-29-17-20(33)3)26-9-11-31-27(32-26)30-10-8-21-6-5-7-24(28)15-21/h4-7,9,11,14-16,20,25,29H,8,10,12-13,17-18H2,1-3H3,(H,30,31,32)/b22-4+,23-16-/t20-,25?/m0/s1. The van der Waals surface area contributed by atoms with Crippen molar-refractivity contribution in [1.82, 2.24) is 20.2 Å². The molecule has 2 N–H and O–H groups in total. The molecule has 5 nitrogen and oxygen atoms in total. The molecule has 1 aromatic heterocycles. The van der Waals surface area contributed by atoms with E-state index in [4.69, 9.17) is 4.98 Å². The van der Waals surface area contributed by atoms with Crippen LogP contribution in [0.2, 0.25) is 0 Å². The number of piperazine rings is 1. The van der Waals surface area contributed by atoms with Crippen LogP contribution in [-0.2, 0) is 6.42 Å². The minimum absolute atomic E-state index is 0.207. The minimum Gasteiger partial charge on any atom is -0.354 e. The maximum atomic E-state index is 13.4. The third-order valence-electron chi connectivity index (χ3n) is 6.42. The van der Waals surface area contributed by atoms with E-state index in [0.29, 0.717) is 30.9 Å². The summed E-state index contributed by atoms with van der Waals surface area (Å²) >= 11 is 0. The van der Waals surface area contributed by atoms with E-state index < -0.39 is 0 Å². The number of allylic oxidation sites excluding steroid dienone is 5. The quantitative estimate of drug-likeness (QED) is 0.439. The Labute approximate surface area is 196 Å². The number of halogens is 1. The molecule has 2 aliphatic rings. The van der Waals surface area contributed by atoms with Crippen LogP contribution in [0.3, 0.4) is 0 Å². The summed E-state index contributed by atoms with van der Waals surface area (Å²) in [5.74, 6) is 0.851. The summed E-state index contributed by atoms with van der Waals surface area (Å²) in [6.07, 6.45) is 9.28. The van der Waals surface area contributed by atoms with Crippen LogP contribution in [0.4, 0.5) is 10.3 Å². The second-order valence-electron chi connectivity index (χ2n) is 8.95. The van der Waals surface area contributed by atoms with Crippen LogP contribution in [0.25, 0.3) is 5.57 Å².